The number of hydrogen-bond donors (Lipinski definition) is 1. The van der Waals surface area contributed by atoms with Gasteiger partial charge in [-0.2, -0.15) is 0 Å². The highest BCUT2D eigenvalue weighted by Crippen LogP contribution is 2.28. The van der Waals surface area contributed by atoms with Gasteiger partial charge in [0, 0.05) is 17.2 Å². The monoisotopic (exact) mass is 311 g/mol. The molecule has 2 aromatic rings. The van der Waals surface area contributed by atoms with Crippen LogP contribution in [0.1, 0.15) is 17.9 Å². The summed E-state index contributed by atoms with van der Waals surface area (Å²) in [4.78, 5) is 1.32. The minimum atomic E-state index is -3.19. The summed E-state index contributed by atoms with van der Waals surface area (Å²) in [5.41, 5.74) is 5.96. The zero-order valence-corrected chi connectivity index (χ0v) is 12.9. The normalized spacial score (nSPS) is 14.8. The van der Waals surface area contributed by atoms with Crippen LogP contribution in [0.4, 0.5) is 0 Å². The number of benzene rings is 1. The van der Waals surface area contributed by atoms with Gasteiger partial charge in [-0.25, -0.2) is 8.42 Å². The Kier molecular flexibility index (Phi) is 4.47. The van der Waals surface area contributed by atoms with Crippen LogP contribution in [0.3, 0.4) is 0 Å². The Morgan fingerprint density at radius 1 is 1.20 bits per heavy atom. The number of hydrogen-bond acceptors (Lipinski definition) is 5. The van der Waals surface area contributed by atoms with Gasteiger partial charge in [0.05, 0.1) is 4.90 Å². The Bertz CT molecular complexity index is 646. The van der Waals surface area contributed by atoms with Crippen LogP contribution in [0.25, 0.3) is 0 Å². The summed E-state index contributed by atoms with van der Waals surface area (Å²) in [7, 11) is -3.19. The van der Waals surface area contributed by atoms with Crippen molar-refractivity contribution in [2.75, 3.05) is 6.26 Å². The maximum atomic E-state index is 11.4. The highest BCUT2D eigenvalue weighted by Gasteiger charge is 2.19. The van der Waals surface area contributed by atoms with Gasteiger partial charge in [-0.1, -0.05) is 6.07 Å². The molecule has 0 radical (unpaired) electrons. The molecule has 2 atom stereocenters. The zero-order chi connectivity index (χ0) is 14.8. The predicted molar refractivity (Wildman–Crippen MR) is 80.9 cm³/mol. The van der Waals surface area contributed by atoms with Crippen LogP contribution in [0, 0.1) is 0 Å². The third kappa shape index (κ3) is 3.59. The smallest absolute Gasteiger partial charge is 0.175 e. The summed E-state index contributed by atoms with van der Waals surface area (Å²) in [5, 5.41) is 1.97. The van der Waals surface area contributed by atoms with E-state index in [9.17, 15) is 8.42 Å². The van der Waals surface area contributed by atoms with Crippen molar-refractivity contribution in [1.82, 2.24) is 0 Å². The minimum absolute atomic E-state index is 0.164. The fourth-order valence-electron chi connectivity index (χ4n) is 1.79. The number of sulfone groups is 1. The lowest BCUT2D eigenvalue weighted by Crippen LogP contribution is -2.28. The number of rotatable bonds is 5. The maximum Gasteiger partial charge on any atom is 0.175 e. The van der Waals surface area contributed by atoms with Crippen LogP contribution in [-0.2, 0) is 9.84 Å². The summed E-state index contributed by atoms with van der Waals surface area (Å²) < 4.78 is 28.7. The van der Waals surface area contributed by atoms with Crippen molar-refractivity contribution in [2.24, 2.45) is 5.73 Å². The summed E-state index contributed by atoms with van der Waals surface area (Å²) in [6.45, 7) is 1.88. The molecule has 1 aromatic heterocycles. The van der Waals surface area contributed by atoms with Gasteiger partial charge in [0.1, 0.15) is 11.9 Å². The lowest BCUT2D eigenvalue weighted by molar-refractivity contribution is 0.184. The molecule has 0 spiro atoms. The second-order valence-corrected chi connectivity index (χ2v) is 7.65. The van der Waals surface area contributed by atoms with Gasteiger partial charge in [-0.05, 0) is 42.6 Å². The van der Waals surface area contributed by atoms with Crippen molar-refractivity contribution in [2.45, 2.75) is 24.0 Å². The van der Waals surface area contributed by atoms with Crippen molar-refractivity contribution in [1.29, 1.82) is 0 Å². The predicted octanol–water partition coefficient (Wildman–Crippen LogP) is 2.62. The van der Waals surface area contributed by atoms with E-state index in [1.54, 1.807) is 23.5 Å². The van der Waals surface area contributed by atoms with Crippen molar-refractivity contribution in [3.05, 3.63) is 46.7 Å². The maximum absolute atomic E-state index is 11.4. The molecule has 0 aliphatic rings. The van der Waals surface area contributed by atoms with E-state index in [0.717, 1.165) is 4.88 Å². The van der Waals surface area contributed by atoms with Gasteiger partial charge in [-0.3, -0.25) is 0 Å². The van der Waals surface area contributed by atoms with Crippen molar-refractivity contribution < 1.29 is 13.2 Å². The fourth-order valence-corrected chi connectivity index (χ4v) is 3.29. The van der Waals surface area contributed by atoms with Crippen LogP contribution in [0.15, 0.2) is 46.7 Å². The van der Waals surface area contributed by atoms with E-state index in [1.165, 1.54) is 18.4 Å². The topological polar surface area (TPSA) is 69.4 Å². The average molecular weight is 311 g/mol. The number of thiophene rings is 1. The van der Waals surface area contributed by atoms with E-state index in [-0.39, 0.29) is 17.0 Å². The van der Waals surface area contributed by atoms with Crippen LogP contribution < -0.4 is 10.5 Å². The van der Waals surface area contributed by atoms with Crippen LogP contribution in [0.5, 0.6) is 5.75 Å². The van der Waals surface area contributed by atoms with Gasteiger partial charge < -0.3 is 10.5 Å². The fraction of sp³-hybridized carbons (Fsp3) is 0.286. The van der Waals surface area contributed by atoms with Crippen LogP contribution in [0.2, 0.25) is 0 Å². The van der Waals surface area contributed by atoms with Crippen molar-refractivity contribution in [3.8, 4) is 5.75 Å². The van der Waals surface area contributed by atoms with Gasteiger partial charge >= 0.3 is 0 Å². The summed E-state index contributed by atoms with van der Waals surface area (Å²) >= 11 is 1.59. The van der Waals surface area contributed by atoms with Crippen molar-refractivity contribution in [3.63, 3.8) is 0 Å². The Balaban J connectivity index is 2.20. The molecule has 4 nitrogen and oxygen atoms in total. The van der Waals surface area contributed by atoms with Crippen LogP contribution in [-0.4, -0.2) is 20.7 Å². The molecule has 1 heterocycles. The molecule has 2 N–H and O–H groups in total. The Hall–Kier alpha value is -1.37. The van der Waals surface area contributed by atoms with Gasteiger partial charge in [0.25, 0.3) is 0 Å². The molecule has 0 saturated heterocycles. The molecule has 0 fully saturated rings. The highest BCUT2D eigenvalue weighted by molar-refractivity contribution is 7.90. The SMILES string of the molecule is CC(N)C(Oc1ccc(S(C)(=O)=O)cc1)c1cccs1. The van der Waals surface area contributed by atoms with Gasteiger partial charge in [-0.15, -0.1) is 11.3 Å². The molecule has 6 heteroatoms. The third-order valence-corrected chi connectivity index (χ3v) is 4.88. The third-order valence-electron chi connectivity index (χ3n) is 2.82. The first-order chi connectivity index (χ1) is 9.38. The largest absolute Gasteiger partial charge is 0.483 e. The molecule has 20 heavy (non-hydrogen) atoms. The molecule has 1 aromatic carbocycles. The van der Waals surface area contributed by atoms with E-state index in [0.29, 0.717) is 5.75 Å². The van der Waals surface area contributed by atoms with E-state index < -0.39 is 9.84 Å². The lowest BCUT2D eigenvalue weighted by atomic mass is 10.1. The zero-order valence-electron chi connectivity index (χ0n) is 11.3. The molecule has 0 bridgehead atoms. The lowest BCUT2D eigenvalue weighted by Gasteiger charge is -2.21. The molecule has 2 rings (SSSR count). The first-order valence-electron chi connectivity index (χ1n) is 6.13. The Morgan fingerprint density at radius 2 is 1.85 bits per heavy atom. The Labute approximate surface area is 123 Å². The Morgan fingerprint density at radius 3 is 2.30 bits per heavy atom. The minimum Gasteiger partial charge on any atom is -0.483 e. The van der Waals surface area contributed by atoms with Gasteiger partial charge in [0.15, 0.2) is 9.84 Å². The van der Waals surface area contributed by atoms with E-state index >= 15 is 0 Å². The van der Waals surface area contributed by atoms with E-state index in [2.05, 4.69) is 0 Å². The average Bonchev–Trinajstić information content (AvgIpc) is 2.88. The van der Waals surface area contributed by atoms with E-state index in [4.69, 9.17) is 10.5 Å². The summed E-state index contributed by atoms with van der Waals surface area (Å²) in [5.74, 6) is 0.605. The first kappa shape index (κ1) is 15.0. The number of nitrogens with two attached hydrogens (primary N) is 1. The second-order valence-electron chi connectivity index (χ2n) is 4.66. The van der Waals surface area contributed by atoms with Gasteiger partial charge in [0.2, 0.25) is 0 Å². The standard InChI is InChI=1S/C14H17NO3S2/c1-10(15)14(13-4-3-9-19-13)18-11-5-7-12(8-6-11)20(2,16)17/h3-10,14H,15H2,1-2H3. The first-order valence-corrected chi connectivity index (χ1v) is 8.91. The summed E-state index contributed by atoms with van der Waals surface area (Å²) in [6, 6.07) is 10.1. The molecule has 0 aliphatic carbocycles. The molecular weight excluding hydrogens is 294 g/mol. The summed E-state index contributed by atoms with van der Waals surface area (Å²) in [6.07, 6.45) is 0.943. The molecule has 0 saturated carbocycles. The van der Waals surface area contributed by atoms with Crippen LogP contribution >= 0.6 is 11.3 Å². The molecule has 2 unspecified atom stereocenters. The molecule has 0 aliphatic heterocycles. The molecule has 0 amide bonds. The van der Waals surface area contributed by atoms with E-state index in [1.807, 2.05) is 24.4 Å². The molecule has 108 valence electrons. The molecular formula is C14H17NO3S2. The van der Waals surface area contributed by atoms with Crippen molar-refractivity contribution >= 4 is 21.2 Å². The second kappa shape index (κ2) is 5.95. The quantitative estimate of drug-likeness (QED) is 0.921. The number of ether oxygens (including phenoxy) is 1. The highest BCUT2D eigenvalue weighted by atomic mass is 32.2.